The summed E-state index contributed by atoms with van der Waals surface area (Å²) in [5.41, 5.74) is 7.63. The molecule has 0 fully saturated rings. The van der Waals surface area contributed by atoms with Crippen molar-refractivity contribution in [3.63, 3.8) is 0 Å². The molecule has 0 aliphatic carbocycles. The van der Waals surface area contributed by atoms with E-state index in [9.17, 15) is 0 Å². The average molecular weight is 287 g/mol. The monoisotopic (exact) mass is 287 g/mol. The normalized spacial score (nSPS) is 10.7. The molecule has 2 heterocycles. The van der Waals surface area contributed by atoms with Gasteiger partial charge in [0, 0.05) is 11.6 Å². The van der Waals surface area contributed by atoms with Crippen LogP contribution in [-0.2, 0) is 0 Å². The molecule has 0 amide bonds. The summed E-state index contributed by atoms with van der Waals surface area (Å²) >= 11 is 1.53. The van der Waals surface area contributed by atoms with Crippen LogP contribution in [0.3, 0.4) is 0 Å². The Morgan fingerprint density at radius 3 is 2.40 bits per heavy atom. The van der Waals surface area contributed by atoms with Crippen LogP contribution >= 0.6 is 11.3 Å². The topological polar surface area (TPSA) is 70.3 Å². The van der Waals surface area contributed by atoms with Crippen LogP contribution in [0.4, 0.5) is 5.82 Å². The first-order valence-corrected chi connectivity index (χ1v) is 6.83. The van der Waals surface area contributed by atoms with Gasteiger partial charge in [-0.25, -0.2) is 9.97 Å². The summed E-state index contributed by atoms with van der Waals surface area (Å²) in [4.78, 5) is 8.89. The summed E-state index contributed by atoms with van der Waals surface area (Å²) in [7, 11) is 3.21. The Balaban J connectivity index is 2.18. The molecule has 3 rings (SSSR count). The van der Waals surface area contributed by atoms with E-state index in [4.69, 9.17) is 15.2 Å². The molecule has 6 heteroatoms. The number of thiophene rings is 1. The molecule has 5 nitrogen and oxygen atoms in total. The lowest BCUT2D eigenvalue weighted by atomic mass is 10.2. The minimum absolute atomic E-state index is 0.488. The Labute approximate surface area is 120 Å². The average Bonchev–Trinajstić information content (AvgIpc) is 2.95. The molecule has 0 aliphatic heterocycles. The second-order valence-corrected chi connectivity index (χ2v) is 5.08. The van der Waals surface area contributed by atoms with E-state index in [1.165, 1.54) is 11.3 Å². The Hall–Kier alpha value is -2.34. The summed E-state index contributed by atoms with van der Waals surface area (Å²) in [6.07, 6.45) is 0. The molecule has 0 saturated heterocycles. The number of nitrogens with zero attached hydrogens (tertiary/aromatic N) is 2. The SMILES string of the molecule is COc1cc(OC)cc(-c2nc(N)c3sccc3n2)c1. The summed E-state index contributed by atoms with van der Waals surface area (Å²) in [6, 6.07) is 7.44. The van der Waals surface area contributed by atoms with Crippen molar-refractivity contribution < 1.29 is 9.47 Å². The van der Waals surface area contributed by atoms with Crippen molar-refractivity contribution >= 4 is 27.4 Å². The van der Waals surface area contributed by atoms with Crippen LogP contribution in [0.5, 0.6) is 11.5 Å². The van der Waals surface area contributed by atoms with E-state index in [0.717, 1.165) is 15.8 Å². The highest BCUT2D eigenvalue weighted by atomic mass is 32.1. The van der Waals surface area contributed by atoms with Gasteiger partial charge < -0.3 is 15.2 Å². The Kier molecular flexibility index (Phi) is 3.15. The molecule has 2 aromatic heterocycles. The van der Waals surface area contributed by atoms with Crippen molar-refractivity contribution in [1.29, 1.82) is 0 Å². The van der Waals surface area contributed by atoms with Gasteiger partial charge in [0.15, 0.2) is 5.82 Å². The molecule has 20 heavy (non-hydrogen) atoms. The molecule has 2 N–H and O–H groups in total. The van der Waals surface area contributed by atoms with Crippen LogP contribution < -0.4 is 15.2 Å². The van der Waals surface area contributed by atoms with Crippen molar-refractivity contribution in [3.05, 3.63) is 29.6 Å². The predicted octanol–water partition coefficient (Wildman–Crippen LogP) is 2.96. The van der Waals surface area contributed by atoms with Crippen molar-refractivity contribution in [2.24, 2.45) is 0 Å². The molecule has 0 saturated carbocycles. The summed E-state index contributed by atoms with van der Waals surface area (Å²) in [6.45, 7) is 0. The van der Waals surface area contributed by atoms with E-state index in [2.05, 4.69) is 9.97 Å². The molecular formula is C14H13N3O2S. The first-order valence-electron chi connectivity index (χ1n) is 5.95. The van der Waals surface area contributed by atoms with Gasteiger partial charge in [-0.2, -0.15) is 0 Å². The van der Waals surface area contributed by atoms with Crippen molar-refractivity contribution in [2.45, 2.75) is 0 Å². The van der Waals surface area contributed by atoms with Crippen LogP contribution in [-0.4, -0.2) is 24.2 Å². The van der Waals surface area contributed by atoms with Crippen molar-refractivity contribution in [2.75, 3.05) is 20.0 Å². The minimum Gasteiger partial charge on any atom is -0.497 e. The fourth-order valence-corrected chi connectivity index (χ4v) is 2.69. The molecule has 102 valence electrons. The minimum atomic E-state index is 0.488. The van der Waals surface area contributed by atoms with Gasteiger partial charge in [0.2, 0.25) is 0 Å². The number of ether oxygens (including phenoxy) is 2. The highest BCUT2D eigenvalue weighted by molar-refractivity contribution is 7.17. The maximum absolute atomic E-state index is 5.98. The molecule has 0 spiro atoms. The van der Waals surface area contributed by atoms with Crippen molar-refractivity contribution in [3.8, 4) is 22.9 Å². The standard InChI is InChI=1S/C14H13N3O2S/c1-18-9-5-8(6-10(7-9)19-2)14-16-11-3-4-20-12(11)13(15)17-14/h3-7H,1-2H3,(H2,15,16,17). The number of anilines is 1. The Morgan fingerprint density at radius 2 is 1.75 bits per heavy atom. The summed E-state index contributed by atoms with van der Waals surface area (Å²) in [5.74, 6) is 2.42. The number of rotatable bonds is 3. The Bertz CT molecular complexity index is 748. The molecule has 3 aromatic rings. The van der Waals surface area contributed by atoms with E-state index in [0.29, 0.717) is 23.1 Å². The molecular weight excluding hydrogens is 274 g/mol. The number of methoxy groups -OCH3 is 2. The molecule has 0 unspecified atom stereocenters. The van der Waals surface area contributed by atoms with Gasteiger partial charge in [-0.05, 0) is 23.6 Å². The zero-order valence-electron chi connectivity index (χ0n) is 11.1. The lowest BCUT2D eigenvalue weighted by Gasteiger charge is -2.08. The van der Waals surface area contributed by atoms with Gasteiger partial charge in [0.25, 0.3) is 0 Å². The third kappa shape index (κ3) is 2.14. The molecule has 0 radical (unpaired) electrons. The molecule has 0 atom stereocenters. The van der Waals surface area contributed by atoms with Crippen LogP contribution in [0.2, 0.25) is 0 Å². The summed E-state index contributed by atoms with van der Waals surface area (Å²) in [5, 5.41) is 1.95. The molecule has 1 aromatic carbocycles. The predicted molar refractivity (Wildman–Crippen MR) is 80.4 cm³/mol. The Morgan fingerprint density at radius 1 is 1.05 bits per heavy atom. The third-order valence-electron chi connectivity index (χ3n) is 2.94. The van der Waals surface area contributed by atoms with Gasteiger partial charge in [0.1, 0.15) is 17.3 Å². The van der Waals surface area contributed by atoms with Crippen LogP contribution in [0, 0.1) is 0 Å². The lowest BCUT2D eigenvalue weighted by Crippen LogP contribution is -1.97. The fraction of sp³-hybridized carbons (Fsp3) is 0.143. The van der Waals surface area contributed by atoms with Crippen molar-refractivity contribution in [1.82, 2.24) is 9.97 Å². The van der Waals surface area contributed by atoms with Gasteiger partial charge in [-0.3, -0.25) is 0 Å². The number of fused-ring (bicyclic) bond motifs is 1. The number of nitrogens with two attached hydrogens (primary N) is 1. The molecule has 0 bridgehead atoms. The first kappa shape index (κ1) is 12.7. The van der Waals surface area contributed by atoms with Gasteiger partial charge in [-0.1, -0.05) is 0 Å². The second kappa shape index (κ2) is 4.97. The van der Waals surface area contributed by atoms with Crippen LogP contribution in [0.1, 0.15) is 0 Å². The number of hydrogen-bond donors (Lipinski definition) is 1. The number of aromatic nitrogens is 2. The number of benzene rings is 1. The first-order chi connectivity index (χ1) is 9.71. The second-order valence-electron chi connectivity index (χ2n) is 4.17. The maximum Gasteiger partial charge on any atom is 0.162 e. The van der Waals surface area contributed by atoms with E-state index in [1.807, 2.05) is 23.6 Å². The van der Waals surface area contributed by atoms with E-state index < -0.39 is 0 Å². The van der Waals surface area contributed by atoms with Gasteiger partial charge in [-0.15, -0.1) is 11.3 Å². The largest absolute Gasteiger partial charge is 0.497 e. The van der Waals surface area contributed by atoms with Crippen LogP contribution in [0.15, 0.2) is 29.6 Å². The smallest absolute Gasteiger partial charge is 0.162 e. The van der Waals surface area contributed by atoms with Crippen LogP contribution in [0.25, 0.3) is 21.6 Å². The quantitative estimate of drug-likeness (QED) is 0.802. The third-order valence-corrected chi connectivity index (χ3v) is 3.87. The zero-order valence-corrected chi connectivity index (χ0v) is 11.9. The highest BCUT2D eigenvalue weighted by Crippen LogP contribution is 2.31. The fourth-order valence-electron chi connectivity index (χ4n) is 1.95. The number of nitrogen functional groups attached to an aromatic ring is 1. The van der Waals surface area contributed by atoms with Gasteiger partial charge in [0.05, 0.1) is 24.4 Å². The maximum atomic E-state index is 5.98. The highest BCUT2D eigenvalue weighted by Gasteiger charge is 2.11. The molecule has 0 aliphatic rings. The van der Waals surface area contributed by atoms with E-state index in [-0.39, 0.29) is 0 Å². The summed E-state index contributed by atoms with van der Waals surface area (Å²) < 4.78 is 11.4. The van der Waals surface area contributed by atoms with Gasteiger partial charge >= 0.3 is 0 Å². The van der Waals surface area contributed by atoms with E-state index >= 15 is 0 Å². The number of hydrogen-bond acceptors (Lipinski definition) is 6. The van der Waals surface area contributed by atoms with E-state index in [1.54, 1.807) is 20.3 Å². The lowest BCUT2D eigenvalue weighted by molar-refractivity contribution is 0.394. The zero-order chi connectivity index (χ0) is 14.1.